The highest BCUT2D eigenvalue weighted by Crippen LogP contribution is 2.33. The maximum Gasteiger partial charge on any atom is 0.137 e. The smallest absolute Gasteiger partial charge is 0.137 e. The molecule has 0 aliphatic rings. The minimum absolute atomic E-state index is 0.269. The third kappa shape index (κ3) is 2.46. The van der Waals surface area contributed by atoms with Crippen LogP contribution in [0.25, 0.3) is 0 Å². The number of ether oxygens (including phenoxy) is 1. The molecule has 1 heterocycles. The van der Waals surface area contributed by atoms with E-state index in [1.807, 2.05) is 24.3 Å². The Hall–Kier alpha value is -1.68. The third-order valence-corrected chi connectivity index (χ3v) is 3.04. The van der Waals surface area contributed by atoms with E-state index in [-0.39, 0.29) is 5.75 Å². The first-order valence-corrected chi connectivity index (χ1v) is 5.57. The van der Waals surface area contributed by atoms with Gasteiger partial charge in [-0.3, -0.25) is 0 Å². The van der Waals surface area contributed by atoms with Gasteiger partial charge in [-0.1, -0.05) is 23.9 Å². The SMILES string of the molecule is COc1ccc(Sc2ccccc2O)nc1. The predicted octanol–water partition coefficient (Wildman–Crippen LogP) is 2.95. The van der Waals surface area contributed by atoms with Crippen molar-refractivity contribution < 1.29 is 9.84 Å². The molecule has 0 aliphatic heterocycles. The van der Waals surface area contributed by atoms with Crippen LogP contribution in [0, 0.1) is 0 Å². The summed E-state index contributed by atoms with van der Waals surface area (Å²) in [4.78, 5) is 5.00. The number of hydrogen-bond acceptors (Lipinski definition) is 4. The molecule has 0 atom stereocenters. The van der Waals surface area contributed by atoms with Crippen LogP contribution < -0.4 is 4.74 Å². The number of rotatable bonds is 3. The van der Waals surface area contributed by atoms with Crippen LogP contribution in [0.4, 0.5) is 0 Å². The summed E-state index contributed by atoms with van der Waals surface area (Å²) in [5.74, 6) is 0.992. The van der Waals surface area contributed by atoms with Gasteiger partial charge < -0.3 is 9.84 Å². The second kappa shape index (κ2) is 4.90. The molecule has 0 saturated carbocycles. The molecule has 3 nitrogen and oxygen atoms in total. The molecule has 0 aliphatic carbocycles. The number of pyridine rings is 1. The van der Waals surface area contributed by atoms with Crippen LogP contribution in [0.1, 0.15) is 0 Å². The van der Waals surface area contributed by atoms with E-state index in [2.05, 4.69) is 4.98 Å². The lowest BCUT2D eigenvalue weighted by molar-refractivity contribution is 0.412. The monoisotopic (exact) mass is 233 g/mol. The summed E-state index contributed by atoms with van der Waals surface area (Å²) >= 11 is 1.42. The molecule has 2 rings (SSSR count). The van der Waals surface area contributed by atoms with E-state index in [0.29, 0.717) is 0 Å². The van der Waals surface area contributed by atoms with E-state index in [9.17, 15) is 5.11 Å². The van der Waals surface area contributed by atoms with Crippen LogP contribution in [0.3, 0.4) is 0 Å². The summed E-state index contributed by atoms with van der Waals surface area (Å²) in [6.45, 7) is 0. The fourth-order valence-electron chi connectivity index (χ4n) is 1.20. The lowest BCUT2D eigenvalue weighted by Gasteiger charge is -2.04. The first-order valence-electron chi connectivity index (χ1n) is 4.75. The van der Waals surface area contributed by atoms with Crippen LogP contribution in [-0.4, -0.2) is 17.2 Å². The average molecular weight is 233 g/mol. The van der Waals surface area contributed by atoms with E-state index in [1.54, 1.807) is 25.4 Å². The highest BCUT2D eigenvalue weighted by Gasteiger charge is 2.03. The van der Waals surface area contributed by atoms with E-state index in [0.717, 1.165) is 15.7 Å². The molecule has 0 radical (unpaired) electrons. The second-order valence-corrected chi connectivity index (χ2v) is 4.17. The maximum absolute atomic E-state index is 9.60. The van der Waals surface area contributed by atoms with Gasteiger partial charge in [-0.2, -0.15) is 0 Å². The Bertz CT molecular complexity index is 471. The zero-order valence-corrected chi connectivity index (χ0v) is 9.57. The lowest BCUT2D eigenvalue weighted by Crippen LogP contribution is -1.85. The van der Waals surface area contributed by atoms with Gasteiger partial charge in [0.15, 0.2) is 0 Å². The first-order chi connectivity index (χ1) is 7.79. The number of phenolic OH excluding ortho intramolecular Hbond substituents is 1. The highest BCUT2D eigenvalue weighted by molar-refractivity contribution is 7.99. The molecule has 2 aromatic rings. The standard InChI is InChI=1S/C12H11NO2S/c1-15-9-6-7-12(13-8-9)16-11-5-3-2-4-10(11)14/h2-8,14H,1H3. The predicted molar refractivity (Wildman–Crippen MR) is 63.0 cm³/mol. The summed E-state index contributed by atoms with van der Waals surface area (Å²) in [6.07, 6.45) is 1.66. The number of benzene rings is 1. The third-order valence-electron chi connectivity index (χ3n) is 2.02. The van der Waals surface area contributed by atoms with Gasteiger partial charge >= 0.3 is 0 Å². The minimum Gasteiger partial charge on any atom is -0.507 e. The van der Waals surface area contributed by atoms with Gasteiger partial charge in [0.2, 0.25) is 0 Å². The van der Waals surface area contributed by atoms with Gasteiger partial charge in [-0.25, -0.2) is 4.98 Å². The molecule has 0 amide bonds. The molecule has 4 heteroatoms. The summed E-state index contributed by atoms with van der Waals surface area (Å²) in [5.41, 5.74) is 0. The Labute approximate surface area is 98.1 Å². The number of methoxy groups -OCH3 is 1. The molecule has 0 bridgehead atoms. The van der Waals surface area contributed by atoms with Crippen molar-refractivity contribution in [2.45, 2.75) is 9.92 Å². The summed E-state index contributed by atoms with van der Waals surface area (Å²) in [5, 5.41) is 10.4. The Kier molecular flexibility index (Phi) is 3.31. The molecule has 0 saturated heterocycles. The van der Waals surface area contributed by atoms with Crippen LogP contribution in [0.15, 0.2) is 52.5 Å². The van der Waals surface area contributed by atoms with Crippen molar-refractivity contribution in [1.29, 1.82) is 0 Å². The Morgan fingerprint density at radius 1 is 1.19 bits per heavy atom. The van der Waals surface area contributed by atoms with E-state index in [4.69, 9.17) is 4.74 Å². The number of aromatic hydroxyl groups is 1. The van der Waals surface area contributed by atoms with Crippen molar-refractivity contribution in [1.82, 2.24) is 4.98 Å². The van der Waals surface area contributed by atoms with Crippen LogP contribution in [-0.2, 0) is 0 Å². The number of aromatic nitrogens is 1. The van der Waals surface area contributed by atoms with Gasteiger partial charge in [0.05, 0.1) is 18.2 Å². The molecule has 0 unspecified atom stereocenters. The molecule has 1 aromatic carbocycles. The summed E-state index contributed by atoms with van der Waals surface area (Å²) < 4.78 is 5.02. The summed E-state index contributed by atoms with van der Waals surface area (Å²) in [7, 11) is 1.60. The van der Waals surface area contributed by atoms with E-state index >= 15 is 0 Å². The lowest BCUT2D eigenvalue weighted by atomic mass is 10.3. The average Bonchev–Trinajstić information content (AvgIpc) is 2.33. The normalized spacial score (nSPS) is 10.1. The largest absolute Gasteiger partial charge is 0.507 e. The van der Waals surface area contributed by atoms with Crippen molar-refractivity contribution in [3.05, 3.63) is 42.6 Å². The zero-order valence-electron chi connectivity index (χ0n) is 8.75. The number of nitrogens with zero attached hydrogens (tertiary/aromatic N) is 1. The van der Waals surface area contributed by atoms with Crippen molar-refractivity contribution >= 4 is 11.8 Å². The van der Waals surface area contributed by atoms with Gasteiger partial charge in [0.1, 0.15) is 16.5 Å². The van der Waals surface area contributed by atoms with Crippen LogP contribution in [0.2, 0.25) is 0 Å². The Morgan fingerprint density at radius 2 is 2.00 bits per heavy atom. The zero-order chi connectivity index (χ0) is 11.4. The Balaban J connectivity index is 2.18. The quantitative estimate of drug-likeness (QED) is 0.885. The topological polar surface area (TPSA) is 42.4 Å². The molecule has 1 N–H and O–H groups in total. The molecule has 16 heavy (non-hydrogen) atoms. The molecular weight excluding hydrogens is 222 g/mol. The van der Waals surface area contributed by atoms with Gasteiger partial charge in [-0.15, -0.1) is 0 Å². The van der Waals surface area contributed by atoms with Crippen LogP contribution >= 0.6 is 11.8 Å². The molecule has 82 valence electrons. The highest BCUT2D eigenvalue weighted by atomic mass is 32.2. The van der Waals surface area contributed by atoms with E-state index < -0.39 is 0 Å². The number of hydrogen-bond donors (Lipinski definition) is 1. The van der Waals surface area contributed by atoms with Crippen molar-refractivity contribution in [2.24, 2.45) is 0 Å². The minimum atomic E-state index is 0.269. The Morgan fingerprint density at radius 3 is 2.62 bits per heavy atom. The maximum atomic E-state index is 9.60. The van der Waals surface area contributed by atoms with Gasteiger partial charge in [0.25, 0.3) is 0 Å². The number of para-hydroxylation sites is 1. The fraction of sp³-hybridized carbons (Fsp3) is 0.0833. The van der Waals surface area contributed by atoms with Gasteiger partial charge in [0, 0.05) is 0 Å². The molecule has 0 fully saturated rings. The van der Waals surface area contributed by atoms with Gasteiger partial charge in [-0.05, 0) is 24.3 Å². The molecule has 0 spiro atoms. The van der Waals surface area contributed by atoms with E-state index in [1.165, 1.54) is 11.8 Å². The fourth-order valence-corrected chi connectivity index (χ4v) is 1.99. The van der Waals surface area contributed by atoms with Crippen molar-refractivity contribution in [3.8, 4) is 11.5 Å². The second-order valence-electron chi connectivity index (χ2n) is 3.11. The van der Waals surface area contributed by atoms with Crippen molar-refractivity contribution in [2.75, 3.05) is 7.11 Å². The van der Waals surface area contributed by atoms with Crippen molar-refractivity contribution in [3.63, 3.8) is 0 Å². The molecule has 1 aromatic heterocycles. The molecular formula is C12H11NO2S. The number of phenols is 1. The van der Waals surface area contributed by atoms with Crippen LogP contribution in [0.5, 0.6) is 11.5 Å². The first kappa shape index (κ1) is 10.8. The summed E-state index contributed by atoms with van der Waals surface area (Å²) in [6, 6.07) is 10.9.